The van der Waals surface area contributed by atoms with E-state index in [0.29, 0.717) is 60.7 Å². The monoisotopic (exact) mass is 690 g/mol. The van der Waals surface area contributed by atoms with Crippen molar-refractivity contribution in [3.8, 4) is 11.5 Å². The molecule has 11 heteroatoms. The zero-order valence-electron chi connectivity index (χ0n) is 25.2. The van der Waals surface area contributed by atoms with Crippen LogP contribution in [0.3, 0.4) is 0 Å². The summed E-state index contributed by atoms with van der Waals surface area (Å²) in [7, 11) is 2.87. The Hall–Kier alpha value is -4.48. The van der Waals surface area contributed by atoms with E-state index in [0.717, 1.165) is 11.1 Å². The average Bonchev–Trinajstić information content (AvgIpc) is 3.37. The number of rotatable bonds is 10. The van der Waals surface area contributed by atoms with Crippen LogP contribution in [0.25, 0.3) is 6.08 Å². The number of carbonyl (C=O) groups excluding carboxylic acids is 2. The molecule has 232 valence electrons. The molecule has 0 radical (unpaired) electrons. The number of fused-ring (bicyclic) bond motifs is 1. The Bertz CT molecular complexity index is 1950. The summed E-state index contributed by atoms with van der Waals surface area (Å²) >= 11 is 4.85. The standard InChI is InChI=1S/C34H31BrN2O7S/c1-5-25-28(33(40)42-4)29(22-10-8-7-9-11-22)37-31(38)27(45-34(37)36-25)18-21-16-24(35)30(26(17-21)41-3)44-19-20-12-14-23(15-13-20)32(39)43-6-2/h7-18,29H,5-6,19H2,1-4H3/b27-18+/t29-/m0/s1. The number of nitrogens with zero attached hydrogens (tertiary/aromatic N) is 2. The number of aromatic nitrogens is 1. The van der Waals surface area contributed by atoms with Crippen molar-refractivity contribution < 1.29 is 28.5 Å². The predicted molar refractivity (Wildman–Crippen MR) is 174 cm³/mol. The van der Waals surface area contributed by atoms with Crippen molar-refractivity contribution in [2.75, 3.05) is 20.8 Å². The fourth-order valence-corrected chi connectivity index (χ4v) is 6.63. The molecule has 1 aliphatic heterocycles. The highest BCUT2D eigenvalue weighted by atomic mass is 79.9. The second-order valence-corrected chi connectivity index (χ2v) is 11.8. The third-order valence-corrected chi connectivity index (χ3v) is 8.74. The Morgan fingerprint density at radius 1 is 1.02 bits per heavy atom. The van der Waals surface area contributed by atoms with Gasteiger partial charge in [-0.05, 0) is 76.3 Å². The van der Waals surface area contributed by atoms with E-state index in [-0.39, 0.29) is 18.1 Å². The minimum absolute atomic E-state index is 0.234. The van der Waals surface area contributed by atoms with E-state index in [2.05, 4.69) is 15.9 Å². The fourth-order valence-electron chi connectivity index (χ4n) is 5.04. The number of hydrogen-bond acceptors (Lipinski definition) is 9. The van der Waals surface area contributed by atoms with Crippen molar-refractivity contribution >= 4 is 45.3 Å². The maximum atomic E-state index is 13.9. The molecule has 0 fully saturated rings. The molecular weight excluding hydrogens is 660 g/mol. The van der Waals surface area contributed by atoms with Gasteiger partial charge in [0.2, 0.25) is 0 Å². The second kappa shape index (κ2) is 14.1. The fraction of sp³-hybridized carbons (Fsp3) is 0.235. The minimum atomic E-state index is -0.671. The summed E-state index contributed by atoms with van der Waals surface area (Å²) in [6.07, 6.45) is 2.27. The van der Waals surface area contributed by atoms with Crippen LogP contribution in [0.15, 0.2) is 92.3 Å². The first-order valence-corrected chi connectivity index (χ1v) is 15.8. The summed E-state index contributed by atoms with van der Waals surface area (Å²) in [5.41, 5.74) is 3.48. The molecular formula is C34H31BrN2O7S. The summed E-state index contributed by atoms with van der Waals surface area (Å²) in [6, 6.07) is 19.4. The van der Waals surface area contributed by atoms with Crippen LogP contribution in [-0.2, 0) is 20.9 Å². The minimum Gasteiger partial charge on any atom is -0.493 e. The van der Waals surface area contributed by atoms with Gasteiger partial charge in [0.05, 0.1) is 52.7 Å². The summed E-state index contributed by atoms with van der Waals surface area (Å²) in [6.45, 7) is 4.23. The number of methoxy groups -OCH3 is 2. The Kier molecular flexibility index (Phi) is 9.99. The predicted octanol–water partition coefficient (Wildman–Crippen LogP) is 5.33. The zero-order valence-corrected chi connectivity index (χ0v) is 27.6. The van der Waals surface area contributed by atoms with Crippen LogP contribution >= 0.6 is 27.3 Å². The summed E-state index contributed by atoms with van der Waals surface area (Å²) in [5, 5.41) is 0. The van der Waals surface area contributed by atoms with Crippen molar-refractivity contribution in [1.82, 2.24) is 4.57 Å². The molecule has 0 unspecified atom stereocenters. The van der Waals surface area contributed by atoms with Crippen molar-refractivity contribution in [3.05, 3.63) is 124 Å². The number of esters is 2. The molecule has 3 aromatic carbocycles. The zero-order chi connectivity index (χ0) is 32.1. The maximum Gasteiger partial charge on any atom is 0.338 e. The molecule has 45 heavy (non-hydrogen) atoms. The van der Waals surface area contributed by atoms with Gasteiger partial charge in [0.1, 0.15) is 6.61 Å². The van der Waals surface area contributed by atoms with E-state index in [9.17, 15) is 14.4 Å². The molecule has 1 atom stereocenters. The van der Waals surface area contributed by atoms with Gasteiger partial charge in [0.15, 0.2) is 16.3 Å². The highest BCUT2D eigenvalue weighted by molar-refractivity contribution is 9.10. The van der Waals surface area contributed by atoms with E-state index in [1.54, 1.807) is 55.0 Å². The van der Waals surface area contributed by atoms with Crippen LogP contribution in [0.5, 0.6) is 11.5 Å². The van der Waals surface area contributed by atoms with Gasteiger partial charge in [-0.3, -0.25) is 9.36 Å². The summed E-state index contributed by atoms with van der Waals surface area (Å²) < 4.78 is 24.5. The van der Waals surface area contributed by atoms with Crippen molar-refractivity contribution in [1.29, 1.82) is 0 Å². The summed E-state index contributed by atoms with van der Waals surface area (Å²) in [5.74, 6) is 0.0699. The summed E-state index contributed by atoms with van der Waals surface area (Å²) in [4.78, 5) is 44.1. The molecule has 0 N–H and O–H groups in total. The SMILES string of the molecule is CCOC(=O)c1ccc(COc2c(Br)cc(/C=c3/sc4n(c3=O)[C@@H](c3ccccc3)C(C(=O)OC)=C(CC)N=4)cc2OC)cc1. The Labute approximate surface area is 272 Å². The molecule has 0 bridgehead atoms. The number of carbonyl (C=O) groups is 2. The number of hydrogen-bond donors (Lipinski definition) is 0. The van der Waals surface area contributed by atoms with Crippen LogP contribution in [0.2, 0.25) is 0 Å². The lowest BCUT2D eigenvalue weighted by Crippen LogP contribution is -2.40. The Morgan fingerprint density at radius 3 is 2.40 bits per heavy atom. The number of ether oxygens (including phenoxy) is 4. The lowest BCUT2D eigenvalue weighted by molar-refractivity contribution is -0.136. The Balaban J connectivity index is 1.50. The van der Waals surface area contributed by atoms with Crippen LogP contribution < -0.4 is 24.4 Å². The molecule has 1 aromatic heterocycles. The molecule has 2 heterocycles. The van der Waals surface area contributed by atoms with Gasteiger partial charge in [-0.2, -0.15) is 0 Å². The number of benzene rings is 3. The van der Waals surface area contributed by atoms with Crippen LogP contribution in [-0.4, -0.2) is 37.3 Å². The van der Waals surface area contributed by atoms with Crippen molar-refractivity contribution in [2.24, 2.45) is 4.99 Å². The average molecular weight is 692 g/mol. The maximum absolute atomic E-state index is 13.9. The van der Waals surface area contributed by atoms with E-state index in [4.69, 9.17) is 23.9 Å². The van der Waals surface area contributed by atoms with Crippen LogP contribution in [0.4, 0.5) is 0 Å². The quantitative estimate of drug-likeness (QED) is 0.207. The molecule has 0 spiro atoms. The normalized spacial score (nSPS) is 14.4. The molecule has 0 aliphatic carbocycles. The molecule has 9 nitrogen and oxygen atoms in total. The first-order valence-electron chi connectivity index (χ1n) is 14.2. The van der Waals surface area contributed by atoms with Gasteiger partial charge in [0, 0.05) is 0 Å². The third-order valence-electron chi connectivity index (χ3n) is 7.16. The Morgan fingerprint density at radius 2 is 1.76 bits per heavy atom. The molecule has 1 aliphatic rings. The first-order chi connectivity index (χ1) is 21.8. The first kappa shape index (κ1) is 31.9. The third kappa shape index (κ3) is 6.64. The molecule has 4 aromatic rings. The smallest absolute Gasteiger partial charge is 0.338 e. The van der Waals surface area contributed by atoms with Gasteiger partial charge in [-0.1, -0.05) is 60.7 Å². The van der Waals surface area contributed by atoms with Gasteiger partial charge in [-0.25, -0.2) is 14.6 Å². The van der Waals surface area contributed by atoms with E-state index >= 15 is 0 Å². The lowest BCUT2D eigenvalue weighted by Gasteiger charge is -2.25. The van der Waals surface area contributed by atoms with Gasteiger partial charge >= 0.3 is 11.9 Å². The number of halogens is 1. The number of thiazole rings is 1. The van der Waals surface area contributed by atoms with Crippen molar-refractivity contribution in [3.63, 3.8) is 0 Å². The largest absolute Gasteiger partial charge is 0.493 e. The highest BCUT2D eigenvalue weighted by Gasteiger charge is 2.33. The highest BCUT2D eigenvalue weighted by Crippen LogP contribution is 2.37. The van der Waals surface area contributed by atoms with Crippen LogP contribution in [0.1, 0.15) is 53.4 Å². The number of allylic oxidation sites excluding steroid dienone is 1. The topological polar surface area (TPSA) is 105 Å². The second-order valence-electron chi connectivity index (χ2n) is 9.94. The molecule has 0 saturated carbocycles. The van der Waals surface area contributed by atoms with Crippen molar-refractivity contribution in [2.45, 2.75) is 32.9 Å². The molecule has 0 saturated heterocycles. The van der Waals surface area contributed by atoms with Crippen LogP contribution in [0, 0.1) is 0 Å². The van der Waals surface area contributed by atoms with Gasteiger partial charge in [-0.15, -0.1) is 0 Å². The van der Waals surface area contributed by atoms with Gasteiger partial charge < -0.3 is 18.9 Å². The van der Waals surface area contributed by atoms with Gasteiger partial charge in [0.25, 0.3) is 5.56 Å². The molecule has 5 rings (SSSR count). The molecule has 0 amide bonds. The van der Waals surface area contributed by atoms with E-state index < -0.39 is 12.0 Å². The van der Waals surface area contributed by atoms with E-state index in [1.165, 1.54) is 18.4 Å². The lowest BCUT2D eigenvalue weighted by atomic mass is 9.95. The van der Waals surface area contributed by atoms with E-state index in [1.807, 2.05) is 43.3 Å².